The Balaban J connectivity index is 1.63. The summed E-state index contributed by atoms with van der Waals surface area (Å²) in [6.07, 6.45) is 5.08. The van der Waals surface area contributed by atoms with Crippen LogP contribution in [0.3, 0.4) is 0 Å². The maximum atomic E-state index is 13.2. The second-order valence-electron chi connectivity index (χ2n) is 8.72. The first kappa shape index (κ1) is 21.0. The Morgan fingerprint density at radius 1 is 1.26 bits per heavy atom. The van der Waals surface area contributed by atoms with Gasteiger partial charge in [0.1, 0.15) is 6.26 Å². The summed E-state index contributed by atoms with van der Waals surface area (Å²) in [5.41, 5.74) is 3.39. The largest absolute Gasteiger partial charge is 0.452 e. The third kappa shape index (κ3) is 4.31. The first-order valence-electron chi connectivity index (χ1n) is 10.7. The maximum absolute atomic E-state index is 13.2. The number of hydrogen-bond donors (Lipinski definition) is 1. The summed E-state index contributed by atoms with van der Waals surface area (Å²) in [6, 6.07) is 9.12. The first-order chi connectivity index (χ1) is 14.9. The monoisotopic (exact) mass is 421 g/mol. The Kier molecular flexibility index (Phi) is 5.76. The Morgan fingerprint density at radius 3 is 2.81 bits per heavy atom. The molecular formula is C24H27N3O4. The number of nitrogens with one attached hydrogen (secondary N) is 1. The highest BCUT2D eigenvalue weighted by Gasteiger charge is 2.34. The van der Waals surface area contributed by atoms with Crippen molar-refractivity contribution >= 4 is 28.6 Å². The molecular weight excluding hydrogens is 394 g/mol. The number of rotatable bonds is 6. The molecule has 1 aliphatic rings. The van der Waals surface area contributed by atoms with Gasteiger partial charge in [-0.1, -0.05) is 50.5 Å². The Bertz CT molecular complexity index is 1110. The number of carbonyl (C=O) groups is 2. The second kappa shape index (κ2) is 8.49. The molecule has 0 radical (unpaired) electrons. The molecule has 1 unspecified atom stereocenters. The van der Waals surface area contributed by atoms with E-state index in [1.54, 1.807) is 0 Å². The minimum atomic E-state index is -0.500. The number of esters is 1. The zero-order valence-corrected chi connectivity index (χ0v) is 18.1. The van der Waals surface area contributed by atoms with Crippen molar-refractivity contribution in [3.8, 4) is 0 Å². The first-order valence-corrected chi connectivity index (χ1v) is 10.7. The van der Waals surface area contributed by atoms with Crippen LogP contribution in [0.1, 0.15) is 55.2 Å². The van der Waals surface area contributed by atoms with Crippen molar-refractivity contribution in [3.05, 3.63) is 53.4 Å². The Labute approximate surface area is 181 Å². The van der Waals surface area contributed by atoms with Gasteiger partial charge in [0.15, 0.2) is 12.4 Å². The van der Waals surface area contributed by atoms with Gasteiger partial charge in [-0.05, 0) is 42.2 Å². The molecule has 7 heteroatoms. The molecule has 4 rings (SSSR count). The van der Waals surface area contributed by atoms with Crippen LogP contribution in [0.4, 0.5) is 5.82 Å². The van der Waals surface area contributed by atoms with Crippen molar-refractivity contribution in [2.45, 2.75) is 46.5 Å². The quantitative estimate of drug-likeness (QED) is 0.587. The van der Waals surface area contributed by atoms with Crippen LogP contribution >= 0.6 is 0 Å². The van der Waals surface area contributed by atoms with Crippen LogP contribution in [-0.4, -0.2) is 28.6 Å². The molecule has 0 spiro atoms. The lowest BCUT2D eigenvalue weighted by Gasteiger charge is -2.37. The van der Waals surface area contributed by atoms with Crippen molar-refractivity contribution in [2.24, 2.45) is 11.3 Å². The molecule has 2 aromatic heterocycles. The summed E-state index contributed by atoms with van der Waals surface area (Å²) in [4.78, 5) is 30.2. The molecule has 0 aliphatic heterocycles. The highest BCUT2D eigenvalue weighted by atomic mass is 16.5. The minimum Gasteiger partial charge on any atom is -0.452 e. The van der Waals surface area contributed by atoms with Crippen LogP contribution in [0.2, 0.25) is 0 Å². The summed E-state index contributed by atoms with van der Waals surface area (Å²) in [5.74, 6) is -0.244. The Hall–Kier alpha value is -3.22. The van der Waals surface area contributed by atoms with Crippen LogP contribution in [0, 0.1) is 11.3 Å². The smallest absolute Gasteiger partial charge is 0.339 e. The molecule has 0 bridgehead atoms. The molecule has 3 aromatic rings. The molecule has 0 saturated carbocycles. The SMILES string of the molecule is CCC(C)(C)C1CCc2nc3ccccc3c(C(=O)OCC(=O)Nc3ccon3)c2C1. The predicted octanol–water partition coefficient (Wildman–Crippen LogP) is 4.56. The molecule has 1 aromatic carbocycles. The molecule has 162 valence electrons. The predicted molar refractivity (Wildman–Crippen MR) is 117 cm³/mol. The highest BCUT2D eigenvalue weighted by molar-refractivity contribution is 6.06. The second-order valence-corrected chi connectivity index (χ2v) is 8.72. The van der Waals surface area contributed by atoms with Gasteiger partial charge in [-0.25, -0.2) is 4.79 Å². The summed E-state index contributed by atoms with van der Waals surface area (Å²) < 4.78 is 10.1. The van der Waals surface area contributed by atoms with Gasteiger partial charge in [-0.15, -0.1) is 0 Å². The highest BCUT2D eigenvalue weighted by Crippen LogP contribution is 2.41. The lowest BCUT2D eigenvalue weighted by Crippen LogP contribution is -2.31. The standard InChI is InChI=1S/C24H27N3O4/c1-4-24(2,3)15-9-10-19-17(13-15)22(16-7-5-6-8-18(16)25-19)23(29)30-14-21(28)26-20-11-12-31-27-20/h5-8,11-12,15H,4,9-10,13-14H2,1-3H3,(H,26,27,28). The molecule has 0 fully saturated rings. The number of ether oxygens (including phenoxy) is 1. The molecule has 1 N–H and O–H groups in total. The van der Waals surface area contributed by atoms with Gasteiger partial charge in [0.25, 0.3) is 5.91 Å². The van der Waals surface area contributed by atoms with E-state index in [9.17, 15) is 9.59 Å². The van der Waals surface area contributed by atoms with Gasteiger partial charge in [-0.3, -0.25) is 9.78 Å². The van der Waals surface area contributed by atoms with E-state index in [-0.39, 0.29) is 11.2 Å². The van der Waals surface area contributed by atoms with Crippen LogP contribution in [0.25, 0.3) is 10.9 Å². The average Bonchev–Trinajstić information content (AvgIpc) is 3.28. The summed E-state index contributed by atoms with van der Waals surface area (Å²) >= 11 is 0. The van der Waals surface area contributed by atoms with Gasteiger partial charge >= 0.3 is 5.97 Å². The zero-order chi connectivity index (χ0) is 22.0. The normalized spacial score (nSPS) is 16.0. The van der Waals surface area contributed by atoms with Crippen LogP contribution in [0.15, 0.2) is 41.1 Å². The molecule has 1 aliphatic carbocycles. The van der Waals surface area contributed by atoms with Crippen molar-refractivity contribution in [2.75, 3.05) is 11.9 Å². The molecule has 1 atom stereocenters. The summed E-state index contributed by atoms with van der Waals surface area (Å²) in [5, 5.41) is 6.92. The van der Waals surface area contributed by atoms with Crippen LogP contribution < -0.4 is 5.32 Å². The van der Waals surface area contributed by atoms with E-state index in [1.807, 2.05) is 24.3 Å². The molecule has 2 heterocycles. The number of pyridine rings is 1. The number of aromatic nitrogens is 2. The fourth-order valence-electron chi connectivity index (χ4n) is 4.24. The van der Waals surface area contributed by atoms with Gasteiger partial charge in [0.05, 0.1) is 11.1 Å². The van der Waals surface area contributed by atoms with E-state index >= 15 is 0 Å². The number of amides is 1. The van der Waals surface area contributed by atoms with Crippen molar-refractivity contribution in [3.63, 3.8) is 0 Å². The molecule has 1 amide bonds. The summed E-state index contributed by atoms with van der Waals surface area (Å²) in [6.45, 7) is 6.37. The number of fused-ring (bicyclic) bond motifs is 2. The average molecular weight is 421 g/mol. The number of benzene rings is 1. The van der Waals surface area contributed by atoms with Crippen LogP contribution in [-0.2, 0) is 22.4 Å². The third-order valence-corrected chi connectivity index (χ3v) is 6.52. The van der Waals surface area contributed by atoms with E-state index in [2.05, 4.69) is 35.8 Å². The lowest BCUT2D eigenvalue weighted by molar-refractivity contribution is -0.119. The summed E-state index contributed by atoms with van der Waals surface area (Å²) in [7, 11) is 0. The third-order valence-electron chi connectivity index (χ3n) is 6.52. The van der Waals surface area contributed by atoms with E-state index < -0.39 is 18.5 Å². The van der Waals surface area contributed by atoms with Gasteiger partial charge in [0.2, 0.25) is 0 Å². The van der Waals surface area contributed by atoms with E-state index in [1.165, 1.54) is 12.3 Å². The number of nitrogens with zero attached hydrogens (tertiary/aromatic N) is 2. The topological polar surface area (TPSA) is 94.3 Å². The van der Waals surface area contributed by atoms with E-state index in [0.29, 0.717) is 11.5 Å². The van der Waals surface area contributed by atoms with E-state index in [0.717, 1.165) is 47.8 Å². The van der Waals surface area contributed by atoms with Crippen LogP contribution in [0.5, 0.6) is 0 Å². The number of carbonyl (C=O) groups excluding carboxylic acids is 2. The van der Waals surface area contributed by atoms with Gasteiger partial charge in [-0.2, -0.15) is 0 Å². The van der Waals surface area contributed by atoms with Crippen molar-refractivity contribution in [1.29, 1.82) is 0 Å². The van der Waals surface area contributed by atoms with Gasteiger partial charge in [0, 0.05) is 17.1 Å². The molecule has 0 saturated heterocycles. The fraction of sp³-hybridized carbons (Fsp3) is 0.417. The zero-order valence-electron chi connectivity index (χ0n) is 18.1. The number of anilines is 1. The van der Waals surface area contributed by atoms with Gasteiger partial charge < -0.3 is 14.6 Å². The fourth-order valence-corrected chi connectivity index (χ4v) is 4.24. The molecule has 31 heavy (non-hydrogen) atoms. The van der Waals surface area contributed by atoms with Crippen molar-refractivity contribution in [1.82, 2.24) is 10.1 Å². The van der Waals surface area contributed by atoms with Crippen molar-refractivity contribution < 1.29 is 18.8 Å². The minimum absolute atomic E-state index is 0.169. The van der Waals surface area contributed by atoms with E-state index in [4.69, 9.17) is 9.72 Å². The number of para-hydroxylation sites is 1. The maximum Gasteiger partial charge on any atom is 0.339 e. The lowest BCUT2D eigenvalue weighted by atomic mass is 9.68. The molecule has 7 nitrogen and oxygen atoms in total. The number of hydrogen-bond acceptors (Lipinski definition) is 6. The Morgan fingerprint density at radius 2 is 2.06 bits per heavy atom. The number of aryl methyl sites for hydroxylation is 1.